The molecule has 0 aromatic carbocycles. The van der Waals surface area contributed by atoms with Crippen LogP contribution >= 0.6 is 0 Å². The Morgan fingerprint density at radius 3 is 2.83 bits per heavy atom. The Balaban J connectivity index is 1.61. The number of hydrogen-bond acceptors (Lipinski definition) is 4. The first kappa shape index (κ1) is 14.7. The highest BCUT2D eigenvalue weighted by atomic mass is 16.3. The van der Waals surface area contributed by atoms with Crippen LogP contribution in [0.25, 0.3) is 17.3 Å². The Labute approximate surface area is 133 Å². The number of furan rings is 1. The summed E-state index contributed by atoms with van der Waals surface area (Å²) < 4.78 is 5.13. The minimum Gasteiger partial charge on any atom is -0.465 e. The molecule has 0 aliphatic heterocycles. The molecule has 5 nitrogen and oxygen atoms in total. The molecule has 114 valence electrons. The van der Waals surface area contributed by atoms with E-state index < -0.39 is 0 Å². The molecule has 0 spiro atoms. The molecule has 0 aliphatic carbocycles. The average molecular weight is 305 g/mol. The number of nitrogens with one attached hydrogen (secondary N) is 1. The van der Waals surface area contributed by atoms with E-state index in [4.69, 9.17) is 4.42 Å². The molecule has 3 rings (SSSR count). The molecule has 3 aromatic rings. The smallest absolute Gasteiger partial charge is 0.244 e. The summed E-state index contributed by atoms with van der Waals surface area (Å²) in [6, 6.07) is 11.2. The summed E-state index contributed by atoms with van der Waals surface area (Å²) >= 11 is 0. The van der Waals surface area contributed by atoms with Crippen molar-refractivity contribution in [3.63, 3.8) is 0 Å². The molecule has 0 unspecified atom stereocenters. The molecule has 0 saturated carbocycles. The van der Waals surface area contributed by atoms with Gasteiger partial charge in [0.25, 0.3) is 0 Å². The third kappa shape index (κ3) is 4.14. The number of pyridine rings is 2. The van der Waals surface area contributed by atoms with Crippen molar-refractivity contribution in [3.8, 4) is 11.3 Å². The molecule has 3 heterocycles. The van der Waals surface area contributed by atoms with Gasteiger partial charge in [-0.25, -0.2) is 0 Å². The van der Waals surface area contributed by atoms with Gasteiger partial charge >= 0.3 is 0 Å². The average Bonchev–Trinajstić information content (AvgIpc) is 3.13. The van der Waals surface area contributed by atoms with Crippen molar-refractivity contribution >= 4 is 12.0 Å². The van der Waals surface area contributed by atoms with Crippen molar-refractivity contribution in [3.05, 3.63) is 78.7 Å². The maximum Gasteiger partial charge on any atom is 0.244 e. The van der Waals surface area contributed by atoms with Crippen LogP contribution in [0.2, 0.25) is 0 Å². The molecule has 0 aliphatic rings. The van der Waals surface area contributed by atoms with Gasteiger partial charge in [0.15, 0.2) is 0 Å². The number of hydrogen-bond donors (Lipinski definition) is 1. The number of aromatic nitrogens is 2. The van der Waals surface area contributed by atoms with E-state index in [9.17, 15) is 4.79 Å². The van der Waals surface area contributed by atoms with Crippen molar-refractivity contribution < 1.29 is 9.21 Å². The highest BCUT2D eigenvalue weighted by Crippen LogP contribution is 2.16. The summed E-state index contributed by atoms with van der Waals surface area (Å²) in [5.74, 6) is 0.465. The van der Waals surface area contributed by atoms with Crippen molar-refractivity contribution in [1.29, 1.82) is 0 Å². The van der Waals surface area contributed by atoms with E-state index in [2.05, 4.69) is 15.3 Å². The zero-order chi connectivity index (χ0) is 15.9. The van der Waals surface area contributed by atoms with Gasteiger partial charge in [0, 0.05) is 36.8 Å². The largest absolute Gasteiger partial charge is 0.465 e. The topological polar surface area (TPSA) is 68.0 Å². The van der Waals surface area contributed by atoms with Crippen LogP contribution in [-0.2, 0) is 11.3 Å². The molecule has 0 fully saturated rings. The van der Waals surface area contributed by atoms with Gasteiger partial charge in [-0.05, 0) is 48.0 Å². The number of rotatable bonds is 5. The quantitative estimate of drug-likeness (QED) is 0.736. The van der Waals surface area contributed by atoms with E-state index in [-0.39, 0.29) is 5.91 Å². The summed E-state index contributed by atoms with van der Waals surface area (Å²) in [6.07, 6.45) is 9.83. The summed E-state index contributed by atoms with van der Waals surface area (Å²) in [6.45, 7) is 0.432. The number of nitrogens with zero attached hydrogens (tertiary/aromatic N) is 2. The molecule has 23 heavy (non-hydrogen) atoms. The maximum absolute atomic E-state index is 11.8. The monoisotopic (exact) mass is 305 g/mol. The molecule has 1 N–H and O–H groups in total. The normalized spacial score (nSPS) is 10.8. The van der Waals surface area contributed by atoms with Crippen LogP contribution in [0.15, 0.2) is 71.7 Å². The Kier molecular flexibility index (Phi) is 4.59. The maximum atomic E-state index is 11.8. The van der Waals surface area contributed by atoms with E-state index in [1.165, 1.54) is 6.08 Å². The van der Waals surface area contributed by atoms with Gasteiger partial charge < -0.3 is 9.73 Å². The van der Waals surface area contributed by atoms with Crippen LogP contribution in [0.4, 0.5) is 0 Å². The van der Waals surface area contributed by atoms with Gasteiger partial charge in [0.05, 0.1) is 12.0 Å². The fraction of sp³-hybridized carbons (Fsp3) is 0.0556. The zero-order valence-electron chi connectivity index (χ0n) is 12.3. The van der Waals surface area contributed by atoms with Crippen LogP contribution in [0.1, 0.15) is 11.3 Å². The molecular formula is C18H15N3O2. The van der Waals surface area contributed by atoms with Crippen LogP contribution in [0, 0.1) is 0 Å². The molecular weight excluding hydrogens is 290 g/mol. The Morgan fingerprint density at radius 2 is 2.04 bits per heavy atom. The van der Waals surface area contributed by atoms with E-state index >= 15 is 0 Å². The van der Waals surface area contributed by atoms with Crippen LogP contribution in [-0.4, -0.2) is 15.9 Å². The fourth-order valence-electron chi connectivity index (χ4n) is 2.06. The summed E-state index contributed by atoms with van der Waals surface area (Å²) in [5.41, 5.74) is 2.82. The molecule has 0 saturated heterocycles. The molecule has 0 bridgehead atoms. The number of carbonyl (C=O) groups is 1. The van der Waals surface area contributed by atoms with Gasteiger partial charge in [0.2, 0.25) is 5.91 Å². The standard InChI is InChI=1S/C18H15N3O2/c22-18(4-3-16-2-1-11-23-16)21-13-14-5-10-20-17(12-14)15-6-8-19-9-7-15/h1-12H,13H2,(H,21,22). The second kappa shape index (κ2) is 7.17. The third-order valence-electron chi connectivity index (χ3n) is 3.21. The third-order valence-corrected chi connectivity index (χ3v) is 3.21. The van der Waals surface area contributed by atoms with Crippen LogP contribution in [0.3, 0.4) is 0 Å². The summed E-state index contributed by atoms with van der Waals surface area (Å²) in [5, 5.41) is 2.83. The molecule has 3 aromatic heterocycles. The van der Waals surface area contributed by atoms with Crippen molar-refractivity contribution in [1.82, 2.24) is 15.3 Å². The predicted molar refractivity (Wildman–Crippen MR) is 87.1 cm³/mol. The summed E-state index contributed by atoms with van der Waals surface area (Å²) in [7, 11) is 0. The first-order valence-electron chi connectivity index (χ1n) is 7.16. The highest BCUT2D eigenvalue weighted by molar-refractivity contribution is 5.91. The van der Waals surface area contributed by atoms with Gasteiger partial charge in [-0.3, -0.25) is 14.8 Å². The predicted octanol–water partition coefficient (Wildman–Crippen LogP) is 3.07. The first-order chi connectivity index (χ1) is 11.3. The van der Waals surface area contributed by atoms with E-state index in [1.807, 2.05) is 24.3 Å². The van der Waals surface area contributed by atoms with Crippen molar-refractivity contribution in [2.75, 3.05) is 0 Å². The lowest BCUT2D eigenvalue weighted by Gasteiger charge is -2.05. The van der Waals surface area contributed by atoms with Gasteiger partial charge in [-0.2, -0.15) is 0 Å². The lowest BCUT2D eigenvalue weighted by Crippen LogP contribution is -2.20. The molecule has 0 atom stereocenters. The second-order valence-corrected chi connectivity index (χ2v) is 4.85. The second-order valence-electron chi connectivity index (χ2n) is 4.85. The van der Waals surface area contributed by atoms with E-state index in [0.717, 1.165) is 16.8 Å². The molecule has 1 amide bonds. The fourth-order valence-corrected chi connectivity index (χ4v) is 2.06. The first-order valence-corrected chi connectivity index (χ1v) is 7.16. The molecule has 5 heteroatoms. The van der Waals surface area contributed by atoms with Crippen molar-refractivity contribution in [2.45, 2.75) is 6.54 Å². The Morgan fingerprint density at radius 1 is 1.17 bits per heavy atom. The number of amides is 1. The van der Waals surface area contributed by atoms with E-state index in [0.29, 0.717) is 12.3 Å². The Hall–Kier alpha value is -3.21. The zero-order valence-corrected chi connectivity index (χ0v) is 12.3. The Bertz CT molecular complexity index is 796. The lowest BCUT2D eigenvalue weighted by molar-refractivity contribution is -0.116. The molecule has 0 radical (unpaired) electrons. The minimum atomic E-state index is -0.177. The van der Waals surface area contributed by atoms with Gasteiger partial charge in [-0.1, -0.05) is 0 Å². The van der Waals surface area contributed by atoms with Gasteiger partial charge in [0.1, 0.15) is 5.76 Å². The minimum absolute atomic E-state index is 0.177. The highest BCUT2D eigenvalue weighted by Gasteiger charge is 2.02. The van der Waals surface area contributed by atoms with E-state index in [1.54, 1.807) is 43.1 Å². The summed E-state index contributed by atoms with van der Waals surface area (Å²) in [4.78, 5) is 20.1. The number of carbonyl (C=O) groups excluding carboxylic acids is 1. The van der Waals surface area contributed by atoms with Crippen LogP contribution in [0.5, 0.6) is 0 Å². The lowest BCUT2D eigenvalue weighted by atomic mass is 10.1. The van der Waals surface area contributed by atoms with Crippen molar-refractivity contribution in [2.24, 2.45) is 0 Å². The SMILES string of the molecule is O=C(C=Cc1ccco1)NCc1ccnc(-c2ccncc2)c1. The van der Waals surface area contributed by atoms with Crippen LogP contribution < -0.4 is 5.32 Å². The van der Waals surface area contributed by atoms with Gasteiger partial charge in [-0.15, -0.1) is 0 Å².